The van der Waals surface area contributed by atoms with Gasteiger partial charge in [-0.25, -0.2) is 0 Å². The maximum absolute atomic E-state index is 12.3. The quantitative estimate of drug-likeness (QED) is 0.803. The van der Waals surface area contributed by atoms with Gasteiger partial charge in [-0.15, -0.1) is 0 Å². The predicted molar refractivity (Wildman–Crippen MR) is 75.6 cm³/mol. The van der Waals surface area contributed by atoms with Gasteiger partial charge in [0.25, 0.3) is 0 Å². The SMILES string of the molecule is CC(CS)C(=O)N(CC(=O)O)c1ccc2c(c1)OCO2. The Balaban J connectivity index is 2.30. The van der Waals surface area contributed by atoms with Crippen molar-refractivity contribution in [1.29, 1.82) is 0 Å². The first-order valence-electron chi connectivity index (χ1n) is 6.06. The molecule has 20 heavy (non-hydrogen) atoms. The van der Waals surface area contributed by atoms with Crippen LogP contribution in [0, 0.1) is 5.92 Å². The molecule has 0 saturated heterocycles. The number of hydrogen-bond donors (Lipinski definition) is 2. The number of nitrogens with zero attached hydrogens (tertiary/aromatic N) is 1. The van der Waals surface area contributed by atoms with Gasteiger partial charge >= 0.3 is 5.97 Å². The fraction of sp³-hybridized carbons (Fsp3) is 0.385. The lowest BCUT2D eigenvalue weighted by Crippen LogP contribution is -2.39. The molecule has 2 rings (SSSR count). The van der Waals surface area contributed by atoms with Crippen molar-refractivity contribution in [2.75, 3.05) is 24.0 Å². The van der Waals surface area contributed by atoms with Crippen LogP contribution in [0.25, 0.3) is 0 Å². The van der Waals surface area contributed by atoms with Gasteiger partial charge in [0.2, 0.25) is 12.7 Å². The van der Waals surface area contributed by atoms with E-state index in [1.54, 1.807) is 25.1 Å². The zero-order valence-electron chi connectivity index (χ0n) is 10.9. The van der Waals surface area contributed by atoms with Crippen LogP contribution >= 0.6 is 12.6 Å². The highest BCUT2D eigenvalue weighted by Crippen LogP contribution is 2.35. The Kier molecular flexibility index (Phi) is 4.39. The summed E-state index contributed by atoms with van der Waals surface area (Å²) in [5.41, 5.74) is 0.468. The van der Waals surface area contributed by atoms with Crippen LogP contribution in [0.2, 0.25) is 0 Å². The maximum Gasteiger partial charge on any atom is 0.323 e. The van der Waals surface area contributed by atoms with Crippen molar-refractivity contribution in [3.05, 3.63) is 18.2 Å². The minimum Gasteiger partial charge on any atom is -0.480 e. The van der Waals surface area contributed by atoms with Crippen molar-refractivity contribution in [2.45, 2.75) is 6.92 Å². The Bertz CT molecular complexity index is 533. The minimum atomic E-state index is -1.08. The molecule has 0 aromatic heterocycles. The lowest BCUT2D eigenvalue weighted by molar-refractivity contribution is -0.137. The van der Waals surface area contributed by atoms with Gasteiger partial charge in [-0.1, -0.05) is 6.92 Å². The molecule has 1 unspecified atom stereocenters. The summed E-state index contributed by atoms with van der Waals surface area (Å²) in [6.45, 7) is 1.42. The highest BCUT2D eigenvalue weighted by Gasteiger charge is 2.25. The molecule has 1 aromatic carbocycles. The predicted octanol–water partition coefficient (Wildman–Crippen LogP) is 1.40. The van der Waals surface area contributed by atoms with Crippen molar-refractivity contribution in [3.8, 4) is 11.5 Å². The number of carboxylic acids is 1. The Hall–Kier alpha value is -1.89. The van der Waals surface area contributed by atoms with Gasteiger partial charge in [0.1, 0.15) is 6.54 Å². The monoisotopic (exact) mass is 297 g/mol. The number of amides is 1. The van der Waals surface area contributed by atoms with Crippen molar-refractivity contribution in [1.82, 2.24) is 0 Å². The molecule has 0 spiro atoms. The molecule has 108 valence electrons. The van der Waals surface area contributed by atoms with E-state index in [-0.39, 0.29) is 18.6 Å². The summed E-state index contributed by atoms with van der Waals surface area (Å²) in [6.07, 6.45) is 0. The van der Waals surface area contributed by atoms with E-state index in [2.05, 4.69) is 12.6 Å². The van der Waals surface area contributed by atoms with E-state index in [0.29, 0.717) is 22.9 Å². The summed E-state index contributed by atoms with van der Waals surface area (Å²) in [7, 11) is 0. The largest absolute Gasteiger partial charge is 0.480 e. The van der Waals surface area contributed by atoms with Crippen molar-refractivity contribution in [2.24, 2.45) is 5.92 Å². The molecular weight excluding hydrogens is 282 g/mol. The second kappa shape index (κ2) is 6.04. The number of carboxylic acid groups (broad SMARTS) is 1. The number of aliphatic carboxylic acids is 1. The van der Waals surface area contributed by atoms with Crippen LogP contribution in [0.15, 0.2) is 18.2 Å². The molecular formula is C13H15NO5S. The van der Waals surface area contributed by atoms with E-state index >= 15 is 0 Å². The van der Waals surface area contributed by atoms with Crippen LogP contribution in [0.5, 0.6) is 11.5 Å². The Morgan fingerprint density at radius 3 is 2.75 bits per heavy atom. The summed E-state index contributed by atoms with van der Waals surface area (Å²) in [5, 5.41) is 8.97. The third kappa shape index (κ3) is 2.98. The highest BCUT2D eigenvalue weighted by molar-refractivity contribution is 7.80. The van der Waals surface area contributed by atoms with Crippen molar-refractivity contribution >= 4 is 30.2 Å². The molecule has 0 radical (unpaired) electrons. The molecule has 0 fully saturated rings. The second-order valence-corrected chi connectivity index (χ2v) is 4.80. The van der Waals surface area contributed by atoms with Gasteiger partial charge in [-0.3, -0.25) is 9.59 Å². The van der Waals surface area contributed by atoms with Gasteiger partial charge < -0.3 is 19.5 Å². The van der Waals surface area contributed by atoms with Crippen LogP contribution in [-0.2, 0) is 9.59 Å². The fourth-order valence-corrected chi connectivity index (χ4v) is 1.99. The first-order valence-corrected chi connectivity index (χ1v) is 6.70. The third-order valence-corrected chi connectivity index (χ3v) is 3.47. The lowest BCUT2D eigenvalue weighted by atomic mass is 10.1. The standard InChI is InChI=1S/C13H15NO5S/c1-8(6-20)13(17)14(5-12(15)16)9-2-3-10-11(4-9)19-7-18-10/h2-4,8,20H,5-7H2,1H3,(H,15,16). The van der Waals surface area contributed by atoms with Crippen molar-refractivity contribution < 1.29 is 24.2 Å². The summed E-state index contributed by atoms with van der Waals surface area (Å²) < 4.78 is 10.4. The number of carbonyl (C=O) groups is 2. The number of thiol groups is 1. The van der Waals surface area contributed by atoms with Gasteiger partial charge in [-0.05, 0) is 12.1 Å². The number of hydrogen-bond acceptors (Lipinski definition) is 5. The maximum atomic E-state index is 12.3. The Morgan fingerprint density at radius 1 is 1.40 bits per heavy atom. The molecule has 0 saturated carbocycles. The number of benzene rings is 1. The summed E-state index contributed by atoms with van der Waals surface area (Å²) in [5.74, 6) is -0.311. The van der Waals surface area contributed by atoms with Gasteiger partial charge in [0, 0.05) is 23.4 Å². The number of anilines is 1. The molecule has 1 amide bonds. The molecule has 0 bridgehead atoms. The zero-order chi connectivity index (χ0) is 14.7. The number of rotatable bonds is 5. The number of fused-ring (bicyclic) bond motifs is 1. The Morgan fingerprint density at radius 2 is 2.10 bits per heavy atom. The fourth-order valence-electron chi connectivity index (χ4n) is 1.83. The normalized spacial score (nSPS) is 13.9. The first kappa shape index (κ1) is 14.5. The highest BCUT2D eigenvalue weighted by atomic mass is 32.1. The lowest BCUT2D eigenvalue weighted by Gasteiger charge is -2.23. The average Bonchev–Trinajstić information content (AvgIpc) is 2.90. The van der Waals surface area contributed by atoms with Crippen LogP contribution in [-0.4, -0.2) is 36.1 Å². The molecule has 1 atom stereocenters. The van der Waals surface area contributed by atoms with E-state index in [9.17, 15) is 9.59 Å². The number of ether oxygens (including phenoxy) is 2. The number of carbonyl (C=O) groups excluding carboxylic acids is 1. The topological polar surface area (TPSA) is 76.1 Å². The van der Waals surface area contributed by atoms with Crippen molar-refractivity contribution in [3.63, 3.8) is 0 Å². The third-order valence-electron chi connectivity index (χ3n) is 2.92. The molecule has 1 heterocycles. The minimum absolute atomic E-state index is 0.124. The summed E-state index contributed by atoms with van der Waals surface area (Å²) in [6, 6.07) is 4.90. The van der Waals surface area contributed by atoms with E-state index in [0.717, 1.165) is 0 Å². The molecule has 6 nitrogen and oxygen atoms in total. The van der Waals surface area contributed by atoms with Gasteiger partial charge in [0.05, 0.1) is 0 Å². The van der Waals surface area contributed by atoms with Crippen LogP contribution in [0.4, 0.5) is 5.69 Å². The van der Waals surface area contributed by atoms with E-state index < -0.39 is 12.5 Å². The molecule has 1 aliphatic heterocycles. The summed E-state index contributed by atoms with van der Waals surface area (Å²) >= 11 is 4.08. The first-order chi connectivity index (χ1) is 9.52. The molecule has 1 aliphatic rings. The smallest absolute Gasteiger partial charge is 0.323 e. The van der Waals surface area contributed by atoms with E-state index in [1.807, 2.05) is 0 Å². The molecule has 1 aromatic rings. The Labute approximate surface area is 121 Å². The molecule has 1 N–H and O–H groups in total. The van der Waals surface area contributed by atoms with E-state index in [4.69, 9.17) is 14.6 Å². The van der Waals surface area contributed by atoms with Crippen LogP contribution in [0.3, 0.4) is 0 Å². The van der Waals surface area contributed by atoms with Crippen LogP contribution in [0.1, 0.15) is 6.92 Å². The molecule has 0 aliphatic carbocycles. The van der Waals surface area contributed by atoms with Gasteiger partial charge in [0.15, 0.2) is 11.5 Å². The van der Waals surface area contributed by atoms with E-state index in [1.165, 1.54) is 4.90 Å². The second-order valence-electron chi connectivity index (χ2n) is 4.44. The molecule has 7 heteroatoms. The van der Waals surface area contributed by atoms with Gasteiger partial charge in [-0.2, -0.15) is 12.6 Å². The average molecular weight is 297 g/mol. The zero-order valence-corrected chi connectivity index (χ0v) is 11.8. The summed E-state index contributed by atoms with van der Waals surface area (Å²) in [4.78, 5) is 24.4. The van der Waals surface area contributed by atoms with Crippen LogP contribution < -0.4 is 14.4 Å².